The zero-order chi connectivity index (χ0) is 18.1. The van der Waals surface area contributed by atoms with E-state index in [0.29, 0.717) is 19.0 Å². The molecule has 1 aromatic carbocycles. The first-order chi connectivity index (χ1) is 12.0. The van der Waals surface area contributed by atoms with Crippen molar-refractivity contribution in [1.29, 1.82) is 0 Å². The average molecular weight is 480 g/mol. The Hall–Kier alpha value is -2.04. The van der Waals surface area contributed by atoms with Gasteiger partial charge in [0.05, 0.1) is 12.2 Å². The Morgan fingerprint density at radius 1 is 1.12 bits per heavy atom. The molecule has 1 heterocycles. The Labute approximate surface area is 167 Å². The number of aliphatic imine (C=N–C) groups is 1. The molecule has 0 spiro atoms. The maximum Gasteiger partial charge on any atom is 0.422 e. The molecular weight excluding hydrogens is 460 g/mol. The molecule has 0 radical (unpaired) electrons. The van der Waals surface area contributed by atoms with E-state index in [9.17, 15) is 13.2 Å². The largest absolute Gasteiger partial charge is 0.484 e. The van der Waals surface area contributed by atoms with Gasteiger partial charge in [0.2, 0.25) is 0 Å². The average Bonchev–Trinajstić information content (AvgIpc) is 2.61. The zero-order valence-corrected chi connectivity index (χ0v) is 16.4. The number of guanidine groups is 1. The maximum atomic E-state index is 12.2. The van der Waals surface area contributed by atoms with Crippen molar-refractivity contribution in [3.63, 3.8) is 0 Å². The first-order valence-corrected chi connectivity index (χ1v) is 7.59. The van der Waals surface area contributed by atoms with Crippen molar-refractivity contribution in [3.05, 3.63) is 59.9 Å². The smallest absolute Gasteiger partial charge is 0.422 e. The van der Waals surface area contributed by atoms with Gasteiger partial charge < -0.3 is 15.4 Å². The lowest BCUT2D eigenvalue weighted by Crippen LogP contribution is -2.36. The third-order valence-electron chi connectivity index (χ3n) is 3.15. The third-order valence-corrected chi connectivity index (χ3v) is 3.15. The Bertz CT molecular complexity index is 696. The molecule has 0 aliphatic carbocycles. The van der Waals surface area contributed by atoms with Gasteiger partial charge in [0.15, 0.2) is 12.6 Å². The number of aromatic nitrogens is 1. The summed E-state index contributed by atoms with van der Waals surface area (Å²) in [5, 5.41) is 6.20. The second-order valence-corrected chi connectivity index (χ2v) is 5.15. The van der Waals surface area contributed by atoms with E-state index < -0.39 is 12.8 Å². The molecule has 0 aliphatic rings. The van der Waals surface area contributed by atoms with Gasteiger partial charge in [-0.05, 0) is 29.8 Å². The Balaban J connectivity index is 0.00000338. The van der Waals surface area contributed by atoms with E-state index in [1.165, 1.54) is 6.07 Å². The molecule has 0 saturated carbocycles. The number of hydrogen-bond acceptors (Lipinski definition) is 3. The number of alkyl halides is 3. The second-order valence-electron chi connectivity index (χ2n) is 5.15. The molecule has 142 valence electrons. The number of nitrogens with zero attached hydrogens (tertiary/aromatic N) is 2. The molecule has 26 heavy (non-hydrogen) atoms. The van der Waals surface area contributed by atoms with E-state index in [2.05, 4.69) is 20.6 Å². The summed E-state index contributed by atoms with van der Waals surface area (Å²) < 4.78 is 41.3. The predicted octanol–water partition coefficient (Wildman–Crippen LogP) is 3.51. The first kappa shape index (κ1) is 22.0. The summed E-state index contributed by atoms with van der Waals surface area (Å²) in [7, 11) is 1.64. The SMILES string of the molecule is CN=C(NCc1cccc(OCC(F)(F)F)c1)NCc1ccccn1.I. The highest BCUT2D eigenvalue weighted by Crippen LogP contribution is 2.19. The van der Waals surface area contributed by atoms with Gasteiger partial charge in [-0.1, -0.05) is 18.2 Å². The summed E-state index contributed by atoms with van der Waals surface area (Å²) in [6.45, 7) is -0.405. The third kappa shape index (κ3) is 8.37. The molecule has 0 aliphatic heterocycles. The van der Waals surface area contributed by atoms with Crippen molar-refractivity contribution in [2.45, 2.75) is 19.3 Å². The summed E-state index contributed by atoms with van der Waals surface area (Å²) in [4.78, 5) is 8.30. The number of pyridine rings is 1. The van der Waals surface area contributed by atoms with Crippen LogP contribution in [-0.4, -0.2) is 30.8 Å². The Kier molecular flexibility index (Phi) is 9.17. The fraction of sp³-hybridized carbons (Fsp3) is 0.294. The number of halogens is 4. The summed E-state index contributed by atoms with van der Waals surface area (Å²) in [5.41, 5.74) is 1.65. The second kappa shape index (κ2) is 10.8. The molecule has 2 rings (SSSR count). The van der Waals surface area contributed by atoms with Crippen LogP contribution >= 0.6 is 24.0 Å². The Morgan fingerprint density at radius 2 is 1.88 bits per heavy atom. The molecule has 0 saturated heterocycles. The van der Waals surface area contributed by atoms with E-state index in [1.54, 1.807) is 31.4 Å². The van der Waals surface area contributed by atoms with E-state index in [4.69, 9.17) is 4.74 Å². The van der Waals surface area contributed by atoms with Gasteiger partial charge in [-0.3, -0.25) is 9.98 Å². The van der Waals surface area contributed by atoms with Crippen molar-refractivity contribution >= 4 is 29.9 Å². The number of ether oxygens (including phenoxy) is 1. The van der Waals surface area contributed by atoms with Crippen LogP contribution in [0.15, 0.2) is 53.7 Å². The van der Waals surface area contributed by atoms with Crippen LogP contribution in [0.5, 0.6) is 5.75 Å². The molecule has 0 atom stereocenters. The van der Waals surface area contributed by atoms with E-state index in [1.807, 2.05) is 18.2 Å². The molecule has 0 amide bonds. The number of rotatable bonds is 6. The van der Waals surface area contributed by atoms with Crippen LogP contribution < -0.4 is 15.4 Å². The minimum atomic E-state index is -4.36. The molecule has 5 nitrogen and oxygen atoms in total. The van der Waals surface area contributed by atoms with Crippen molar-refractivity contribution in [2.24, 2.45) is 4.99 Å². The molecular formula is C17H20F3IN4O. The highest BCUT2D eigenvalue weighted by atomic mass is 127. The topological polar surface area (TPSA) is 58.5 Å². The monoisotopic (exact) mass is 480 g/mol. The summed E-state index contributed by atoms with van der Waals surface area (Å²) in [6, 6.07) is 12.1. The van der Waals surface area contributed by atoms with Crippen LogP contribution in [0.2, 0.25) is 0 Å². The van der Waals surface area contributed by atoms with Gasteiger partial charge in [0.1, 0.15) is 5.75 Å². The maximum absolute atomic E-state index is 12.2. The summed E-state index contributed by atoms with van der Waals surface area (Å²) in [6.07, 6.45) is -2.65. The lowest BCUT2D eigenvalue weighted by atomic mass is 10.2. The number of hydrogen-bond donors (Lipinski definition) is 2. The molecule has 2 aromatic rings. The number of benzene rings is 1. The molecule has 0 bridgehead atoms. The van der Waals surface area contributed by atoms with Crippen LogP contribution in [0.1, 0.15) is 11.3 Å². The van der Waals surface area contributed by atoms with Gasteiger partial charge >= 0.3 is 6.18 Å². The van der Waals surface area contributed by atoms with Crippen molar-refractivity contribution in [2.75, 3.05) is 13.7 Å². The minimum absolute atomic E-state index is 0. The van der Waals surface area contributed by atoms with Crippen molar-refractivity contribution in [1.82, 2.24) is 15.6 Å². The van der Waals surface area contributed by atoms with E-state index in [-0.39, 0.29) is 29.7 Å². The quantitative estimate of drug-likeness (QED) is 0.378. The van der Waals surface area contributed by atoms with Gasteiger partial charge in [-0.2, -0.15) is 13.2 Å². The highest BCUT2D eigenvalue weighted by molar-refractivity contribution is 14.0. The van der Waals surface area contributed by atoms with Crippen LogP contribution in [0.3, 0.4) is 0 Å². The summed E-state index contributed by atoms with van der Waals surface area (Å²) >= 11 is 0. The Morgan fingerprint density at radius 3 is 2.54 bits per heavy atom. The summed E-state index contributed by atoms with van der Waals surface area (Å²) in [5.74, 6) is 0.736. The van der Waals surface area contributed by atoms with Gasteiger partial charge in [0, 0.05) is 19.8 Å². The van der Waals surface area contributed by atoms with Crippen LogP contribution in [0, 0.1) is 0 Å². The highest BCUT2D eigenvalue weighted by Gasteiger charge is 2.28. The fourth-order valence-corrected chi connectivity index (χ4v) is 1.99. The zero-order valence-electron chi connectivity index (χ0n) is 14.1. The molecule has 0 unspecified atom stereocenters. The van der Waals surface area contributed by atoms with Gasteiger partial charge in [-0.15, -0.1) is 24.0 Å². The van der Waals surface area contributed by atoms with Crippen LogP contribution in [0.25, 0.3) is 0 Å². The minimum Gasteiger partial charge on any atom is -0.484 e. The van der Waals surface area contributed by atoms with Crippen molar-refractivity contribution < 1.29 is 17.9 Å². The van der Waals surface area contributed by atoms with Crippen LogP contribution in [0.4, 0.5) is 13.2 Å². The molecule has 2 N–H and O–H groups in total. The van der Waals surface area contributed by atoms with Gasteiger partial charge in [-0.25, -0.2) is 0 Å². The van der Waals surface area contributed by atoms with Crippen LogP contribution in [-0.2, 0) is 13.1 Å². The van der Waals surface area contributed by atoms with E-state index in [0.717, 1.165) is 11.3 Å². The molecule has 1 aromatic heterocycles. The predicted molar refractivity (Wildman–Crippen MR) is 105 cm³/mol. The normalized spacial score (nSPS) is 11.5. The standard InChI is InChI=1S/C17H19F3N4O.HI/c1-21-16(24-11-14-6-2-3-8-22-14)23-10-13-5-4-7-15(9-13)25-12-17(18,19)20;/h2-9H,10-12H2,1H3,(H2,21,23,24);1H. The lowest BCUT2D eigenvalue weighted by molar-refractivity contribution is -0.153. The fourth-order valence-electron chi connectivity index (χ4n) is 1.99. The van der Waals surface area contributed by atoms with E-state index >= 15 is 0 Å². The number of nitrogens with one attached hydrogen (secondary N) is 2. The molecule has 0 fully saturated rings. The molecule has 9 heteroatoms. The van der Waals surface area contributed by atoms with Crippen molar-refractivity contribution in [3.8, 4) is 5.75 Å². The first-order valence-electron chi connectivity index (χ1n) is 7.59. The lowest BCUT2D eigenvalue weighted by Gasteiger charge is -2.13. The van der Waals surface area contributed by atoms with Gasteiger partial charge in [0.25, 0.3) is 0 Å².